The summed E-state index contributed by atoms with van der Waals surface area (Å²) in [5, 5.41) is 8.81. The maximum absolute atomic E-state index is 14.1. The molecule has 0 saturated carbocycles. The minimum absolute atomic E-state index is 0.0242. The van der Waals surface area contributed by atoms with E-state index in [1.54, 1.807) is 12.1 Å². The lowest BCUT2D eigenvalue weighted by Gasteiger charge is -2.33. The van der Waals surface area contributed by atoms with Gasteiger partial charge in [0.15, 0.2) is 5.78 Å². The molecule has 0 aromatic heterocycles. The summed E-state index contributed by atoms with van der Waals surface area (Å²) in [5.41, 5.74) is 1.54. The maximum Gasteiger partial charge on any atom is 0.166 e. The molecule has 0 bridgehead atoms. The normalized spacial score (nSPS) is 15.1. The topological polar surface area (TPSA) is 44.1 Å². The van der Waals surface area contributed by atoms with Crippen molar-refractivity contribution in [2.24, 2.45) is 5.92 Å². The van der Waals surface area contributed by atoms with E-state index >= 15 is 0 Å². The van der Waals surface area contributed by atoms with E-state index in [1.807, 2.05) is 35.2 Å². The fraction of sp³-hybridized carbons (Fsp3) is 0.263. The van der Waals surface area contributed by atoms with Crippen molar-refractivity contribution in [2.75, 3.05) is 18.0 Å². The fourth-order valence-corrected chi connectivity index (χ4v) is 3.33. The minimum Gasteiger partial charge on any atom is -0.369 e. The van der Waals surface area contributed by atoms with Crippen molar-refractivity contribution in [3.63, 3.8) is 0 Å². The number of piperidine rings is 1. The number of halogens is 2. The van der Waals surface area contributed by atoms with Gasteiger partial charge in [-0.2, -0.15) is 5.26 Å². The highest BCUT2D eigenvalue weighted by Crippen LogP contribution is 2.28. The van der Waals surface area contributed by atoms with Gasteiger partial charge in [0.05, 0.1) is 17.3 Å². The highest BCUT2D eigenvalue weighted by Gasteiger charge is 2.27. The average molecular weight is 387 g/mol. The maximum atomic E-state index is 14.1. The molecule has 0 N–H and O–H groups in total. The second-order valence-electron chi connectivity index (χ2n) is 5.91. The zero-order valence-electron chi connectivity index (χ0n) is 13.0. The summed E-state index contributed by atoms with van der Waals surface area (Å²) in [7, 11) is 0. The Bertz CT molecular complexity index is 790. The van der Waals surface area contributed by atoms with Gasteiger partial charge in [-0.05, 0) is 43.2 Å². The Morgan fingerprint density at radius 1 is 1.17 bits per heavy atom. The molecule has 122 valence electrons. The Morgan fingerprint density at radius 2 is 1.83 bits per heavy atom. The van der Waals surface area contributed by atoms with Crippen molar-refractivity contribution < 1.29 is 9.18 Å². The number of nitrogens with zero attached hydrogens (tertiary/aromatic N) is 2. The van der Waals surface area contributed by atoms with E-state index in [0.717, 1.165) is 10.0 Å². The number of nitriles is 1. The Balaban J connectivity index is 1.66. The largest absolute Gasteiger partial charge is 0.369 e. The number of rotatable bonds is 3. The first kappa shape index (κ1) is 16.7. The smallest absolute Gasteiger partial charge is 0.166 e. The van der Waals surface area contributed by atoms with Gasteiger partial charge in [-0.15, -0.1) is 0 Å². The van der Waals surface area contributed by atoms with E-state index < -0.39 is 0 Å². The summed E-state index contributed by atoms with van der Waals surface area (Å²) in [5.74, 6) is -0.252. The molecule has 1 saturated heterocycles. The first-order chi connectivity index (χ1) is 11.6. The molecule has 2 aromatic carbocycles. The molecule has 0 unspecified atom stereocenters. The van der Waals surface area contributed by atoms with E-state index in [2.05, 4.69) is 15.9 Å². The molecule has 0 atom stereocenters. The molecule has 0 radical (unpaired) electrons. The van der Waals surface area contributed by atoms with Crippen LogP contribution in [0.4, 0.5) is 10.1 Å². The molecule has 1 aliphatic heterocycles. The second kappa shape index (κ2) is 7.14. The zero-order chi connectivity index (χ0) is 17.1. The van der Waals surface area contributed by atoms with Crippen LogP contribution in [0.5, 0.6) is 0 Å². The molecule has 1 heterocycles. The van der Waals surface area contributed by atoms with Gasteiger partial charge < -0.3 is 4.90 Å². The summed E-state index contributed by atoms with van der Waals surface area (Å²) in [6.07, 6.45) is 1.41. The average Bonchev–Trinajstić information content (AvgIpc) is 2.62. The van der Waals surface area contributed by atoms with Crippen molar-refractivity contribution in [3.8, 4) is 6.07 Å². The van der Waals surface area contributed by atoms with Crippen LogP contribution in [-0.4, -0.2) is 18.9 Å². The number of Topliss-reactive ketones (excluding diaryl/α,β-unsaturated/α-hetero) is 1. The molecule has 2 aromatic rings. The quantitative estimate of drug-likeness (QED) is 0.726. The summed E-state index contributed by atoms with van der Waals surface area (Å²) in [6, 6.07) is 13.9. The third-order valence-electron chi connectivity index (χ3n) is 4.41. The molecule has 0 aliphatic carbocycles. The van der Waals surface area contributed by atoms with Crippen molar-refractivity contribution in [3.05, 3.63) is 63.9 Å². The van der Waals surface area contributed by atoms with E-state index in [-0.39, 0.29) is 17.5 Å². The van der Waals surface area contributed by atoms with Crippen LogP contribution in [0.25, 0.3) is 0 Å². The van der Waals surface area contributed by atoms with Gasteiger partial charge in [-0.1, -0.05) is 28.1 Å². The highest BCUT2D eigenvalue weighted by atomic mass is 79.9. The molecule has 3 nitrogen and oxygen atoms in total. The molecular weight excluding hydrogens is 371 g/mol. The number of ketones is 1. The van der Waals surface area contributed by atoms with Crippen LogP contribution in [0.15, 0.2) is 46.9 Å². The summed E-state index contributed by atoms with van der Waals surface area (Å²) >= 11 is 3.37. The fourth-order valence-electron chi connectivity index (χ4n) is 3.07. The third kappa shape index (κ3) is 3.49. The van der Waals surface area contributed by atoms with Gasteiger partial charge in [0, 0.05) is 29.0 Å². The van der Waals surface area contributed by atoms with Crippen molar-refractivity contribution in [1.29, 1.82) is 5.26 Å². The van der Waals surface area contributed by atoms with Crippen LogP contribution >= 0.6 is 15.9 Å². The van der Waals surface area contributed by atoms with Gasteiger partial charge in [0.25, 0.3) is 0 Å². The van der Waals surface area contributed by atoms with E-state index in [9.17, 15) is 9.18 Å². The summed E-state index contributed by atoms with van der Waals surface area (Å²) in [4.78, 5) is 14.5. The molecule has 5 heteroatoms. The van der Waals surface area contributed by atoms with Crippen LogP contribution in [0, 0.1) is 23.1 Å². The van der Waals surface area contributed by atoms with Gasteiger partial charge in [0.2, 0.25) is 0 Å². The van der Waals surface area contributed by atoms with E-state index in [1.165, 1.54) is 6.07 Å². The highest BCUT2D eigenvalue weighted by molar-refractivity contribution is 9.10. The van der Waals surface area contributed by atoms with Gasteiger partial charge in [0.1, 0.15) is 5.82 Å². The van der Waals surface area contributed by atoms with Crippen LogP contribution in [0.1, 0.15) is 28.8 Å². The lowest BCUT2D eigenvalue weighted by molar-refractivity contribution is 0.0900. The number of anilines is 1. The number of hydrogen-bond donors (Lipinski definition) is 0. The predicted octanol–water partition coefficient (Wildman–Crippen LogP) is 4.56. The number of carbonyl (C=O) groups excluding carboxylic acids is 1. The van der Waals surface area contributed by atoms with Crippen molar-refractivity contribution >= 4 is 27.4 Å². The number of carbonyl (C=O) groups is 1. The SMILES string of the molecule is N#Cc1ccc(N2CCC(C(=O)c3ccc(Br)cc3)CC2)c(F)c1. The monoisotopic (exact) mass is 386 g/mol. The van der Waals surface area contributed by atoms with E-state index in [0.29, 0.717) is 37.2 Å². The third-order valence-corrected chi connectivity index (χ3v) is 4.94. The van der Waals surface area contributed by atoms with E-state index in [4.69, 9.17) is 5.26 Å². The standard InChI is InChI=1S/C19H16BrFN2O/c20-16-4-2-14(3-5-16)19(24)15-7-9-23(10-8-15)18-6-1-13(12-22)11-17(18)21/h1-6,11,15H,7-10H2. The summed E-state index contributed by atoms with van der Waals surface area (Å²) in [6.45, 7) is 1.27. The first-order valence-corrected chi connectivity index (χ1v) is 8.62. The first-order valence-electron chi connectivity index (χ1n) is 7.83. The molecule has 0 spiro atoms. The van der Waals surface area contributed by atoms with Crippen LogP contribution in [0.2, 0.25) is 0 Å². The van der Waals surface area contributed by atoms with Gasteiger partial charge in [-0.3, -0.25) is 4.79 Å². The van der Waals surface area contributed by atoms with Crippen LogP contribution in [0.3, 0.4) is 0 Å². The Hall–Kier alpha value is -2.19. The van der Waals surface area contributed by atoms with Gasteiger partial charge >= 0.3 is 0 Å². The van der Waals surface area contributed by atoms with Crippen LogP contribution < -0.4 is 4.90 Å². The Labute approximate surface area is 148 Å². The Morgan fingerprint density at radius 3 is 2.42 bits per heavy atom. The lowest BCUT2D eigenvalue weighted by Crippen LogP contribution is -2.36. The molecule has 1 fully saturated rings. The van der Waals surface area contributed by atoms with Crippen molar-refractivity contribution in [1.82, 2.24) is 0 Å². The predicted molar refractivity (Wildman–Crippen MR) is 94.5 cm³/mol. The zero-order valence-corrected chi connectivity index (χ0v) is 14.6. The molecule has 3 rings (SSSR count). The number of benzene rings is 2. The molecule has 24 heavy (non-hydrogen) atoms. The number of hydrogen-bond acceptors (Lipinski definition) is 3. The van der Waals surface area contributed by atoms with Gasteiger partial charge in [-0.25, -0.2) is 4.39 Å². The Kier molecular flexibility index (Phi) is 4.96. The molecule has 0 amide bonds. The van der Waals surface area contributed by atoms with Crippen molar-refractivity contribution in [2.45, 2.75) is 12.8 Å². The lowest BCUT2D eigenvalue weighted by atomic mass is 9.88. The van der Waals surface area contributed by atoms with Crippen LogP contribution in [-0.2, 0) is 0 Å². The minimum atomic E-state index is -0.383. The summed E-state index contributed by atoms with van der Waals surface area (Å²) < 4.78 is 15.1. The molecule has 1 aliphatic rings. The molecular formula is C19H16BrFN2O. The second-order valence-corrected chi connectivity index (χ2v) is 6.83.